The molecule has 1 aromatic carbocycles. The first-order chi connectivity index (χ1) is 9.03. The lowest BCUT2D eigenvalue weighted by atomic mass is 10.0. The van der Waals surface area contributed by atoms with E-state index in [1.165, 1.54) is 0 Å². The van der Waals surface area contributed by atoms with E-state index in [0.29, 0.717) is 36.3 Å². The Morgan fingerprint density at radius 3 is 2.89 bits per heavy atom. The van der Waals surface area contributed by atoms with E-state index >= 15 is 0 Å². The first-order valence-electron chi connectivity index (χ1n) is 5.99. The summed E-state index contributed by atoms with van der Waals surface area (Å²) < 4.78 is 9.64. The highest BCUT2D eigenvalue weighted by atomic mass is 16.6. The number of nitrogens with one attached hydrogen (secondary N) is 1. The summed E-state index contributed by atoms with van der Waals surface area (Å²) in [5.74, 6) is 0. The van der Waals surface area contributed by atoms with E-state index in [-0.39, 0.29) is 0 Å². The largest absolute Gasteiger partial charge is 0.397 e. The molecule has 0 saturated heterocycles. The highest BCUT2D eigenvalue weighted by Gasteiger charge is 2.20. The van der Waals surface area contributed by atoms with E-state index in [9.17, 15) is 5.11 Å². The highest BCUT2D eigenvalue weighted by Crippen LogP contribution is 2.25. The smallest absolute Gasteiger partial charge is 0.160 e. The summed E-state index contributed by atoms with van der Waals surface area (Å²) in [6, 6.07) is 3.51. The van der Waals surface area contributed by atoms with Gasteiger partial charge in [-0.05, 0) is 29.4 Å². The molecule has 0 bridgehead atoms. The Morgan fingerprint density at radius 2 is 2.16 bits per heavy atom. The molecule has 19 heavy (non-hydrogen) atoms. The number of anilines is 2. The molecule has 1 unspecified atom stereocenters. The van der Waals surface area contributed by atoms with E-state index in [0.717, 1.165) is 5.69 Å². The van der Waals surface area contributed by atoms with Gasteiger partial charge in [0, 0.05) is 26.7 Å². The molecule has 7 heteroatoms. The van der Waals surface area contributed by atoms with Gasteiger partial charge in [-0.2, -0.15) is 0 Å². The Labute approximate surface area is 110 Å². The minimum Gasteiger partial charge on any atom is -0.397 e. The fourth-order valence-electron chi connectivity index (χ4n) is 1.72. The average molecular weight is 266 g/mol. The van der Waals surface area contributed by atoms with Gasteiger partial charge < -0.3 is 20.9 Å². The molecule has 0 radical (unpaired) electrons. The van der Waals surface area contributed by atoms with Crippen LogP contribution in [0.15, 0.2) is 16.8 Å². The van der Waals surface area contributed by atoms with Gasteiger partial charge in [-0.25, -0.2) is 4.63 Å². The van der Waals surface area contributed by atoms with Crippen LogP contribution >= 0.6 is 0 Å². The van der Waals surface area contributed by atoms with Gasteiger partial charge in [0.15, 0.2) is 11.0 Å². The fourth-order valence-corrected chi connectivity index (χ4v) is 1.72. The molecule has 7 nitrogen and oxygen atoms in total. The predicted molar refractivity (Wildman–Crippen MR) is 71.8 cm³/mol. The summed E-state index contributed by atoms with van der Waals surface area (Å²) in [4.78, 5) is 0. The van der Waals surface area contributed by atoms with E-state index in [2.05, 4.69) is 20.3 Å². The van der Waals surface area contributed by atoms with Crippen molar-refractivity contribution in [2.24, 2.45) is 0 Å². The summed E-state index contributed by atoms with van der Waals surface area (Å²) in [5, 5.41) is 20.8. The Bertz CT molecular complexity index is 553. The van der Waals surface area contributed by atoms with E-state index in [1.54, 1.807) is 26.2 Å². The molecule has 0 spiro atoms. The number of ether oxygens (including phenoxy) is 1. The Morgan fingerprint density at radius 1 is 1.42 bits per heavy atom. The standard InChI is InChI=1S/C12H18N4O3/c1-12(17,5-6-18-2)7-14-9-4-3-8(13)10-11(9)16-19-15-10/h3-4,14,17H,5-7,13H2,1-2H3. The van der Waals surface area contributed by atoms with Crippen LogP contribution in [-0.4, -0.2) is 41.3 Å². The molecule has 104 valence electrons. The molecule has 1 heterocycles. The van der Waals surface area contributed by atoms with Crippen LogP contribution in [0, 0.1) is 0 Å². The molecule has 1 atom stereocenters. The number of nitrogens with zero attached hydrogens (tertiary/aromatic N) is 2. The Balaban J connectivity index is 2.10. The van der Waals surface area contributed by atoms with Crippen molar-refractivity contribution in [1.29, 1.82) is 0 Å². The summed E-state index contributed by atoms with van der Waals surface area (Å²) in [5.41, 5.74) is 7.19. The molecule has 1 aromatic heterocycles. The average Bonchev–Trinajstić information content (AvgIpc) is 2.86. The first-order valence-corrected chi connectivity index (χ1v) is 5.99. The van der Waals surface area contributed by atoms with Crippen LogP contribution in [0.3, 0.4) is 0 Å². The highest BCUT2D eigenvalue weighted by molar-refractivity contribution is 5.94. The van der Waals surface area contributed by atoms with Crippen molar-refractivity contribution in [2.75, 3.05) is 31.3 Å². The Kier molecular flexibility index (Phi) is 3.87. The summed E-state index contributed by atoms with van der Waals surface area (Å²) in [6.45, 7) is 2.61. The summed E-state index contributed by atoms with van der Waals surface area (Å²) >= 11 is 0. The predicted octanol–water partition coefficient (Wildman–Crippen LogP) is 1.00. The van der Waals surface area contributed by atoms with E-state index in [1.807, 2.05) is 0 Å². The third-order valence-electron chi connectivity index (χ3n) is 2.95. The molecule has 0 aliphatic heterocycles. The van der Waals surface area contributed by atoms with Gasteiger partial charge in [0.1, 0.15) is 0 Å². The van der Waals surface area contributed by atoms with Gasteiger partial charge in [-0.3, -0.25) is 0 Å². The second-order valence-corrected chi connectivity index (χ2v) is 4.76. The number of rotatable bonds is 6. The van der Waals surface area contributed by atoms with Crippen molar-refractivity contribution in [2.45, 2.75) is 18.9 Å². The second kappa shape index (κ2) is 5.41. The van der Waals surface area contributed by atoms with Crippen molar-refractivity contribution in [3.05, 3.63) is 12.1 Å². The summed E-state index contributed by atoms with van der Waals surface area (Å²) in [6.07, 6.45) is 0.533. The number of nitrogen functional groups attached to an aromatic ring is 1. The van der Waals surface area contributed by atoms with Crippen molar-refractivity contribution < 1.29 is 14.5 Å². The molecular formula is C12H18N4O3. The number of hydrogen-bond acceptors (Lipinski definition) is 7. The molecule has 2 rings (SSSR count). The van der Waals surface area contributed by atoms with Crippen LogP contribution in [0.4, 0.5) is 11.4 Å². The quantitative estimate of drug-likeness (QED) is 0.670. The minimum atomic E-state index is -0.874. The molecule has 2 aromatic rings. The second-order valence-electron chi connectivity index (χ2n) is 4.76. The normalized spacial score (nSPS) is 14.5. The fraction of sp³-hybridized carbons (Fsp3) is 0.500. The number of methoxy groups -OCH3 is 1. The van der Waals surface area contributed by atoms with Gasteiger partial charge in [-0.15, -0.1) is 0 Å². The van der Waals surface area contributed by atoms with Gasteiger partial charge in [0.25, 0.3) is 0 Å². The van der Waals surface area contributed by atoms with E-state index in [4.69, 9.17) is 10.5 Å². The minimum absolute atomic E-state index is 0.363. The summed E-state index contributed by atoms with van der Waals surface area (Å²) in [7, 11) is 1.61. The number of benzene rings is 1. The van der Waals surface area contributed by atoms with Crippen LogP contribution in [0.5, 0.6) is 0 Å². The van der Waals surface area contributed by atoms with Crippen LogP contribution in [0.2, 0.25) is 0 Å². The number of aromatic nitrogens is 2. The van der Waals surface area contributed by atoms with Crippen molar-refractivity contribution in [1.82, 2.24) is 10.3 Å². The van der Waals surface area contributed by atoms with E-state index < -0.39 is 5.60 Å². The van der Waals surface area contributed by atoms with Crippen molar-refractivity contribution in [3.8, 4) is 0 Å². The van der Waals surface area contributed by atoms with Crippen LogP contribution in [-0.2, 0) is 4.74 Å². The number of hydrogen-bond donors (Lipinski definition) is 3. The van der Waals surface area contributed by atoms with Gasteiger partial charge in [0.05, 0.1) is 17.0 Å². The van der Waals surface area contributed by atoms with Crippen molar-refractivity contribution >= 4 is 22.4 Å². The molecule has 0 aliphatic carbocycles. The lowest BCUT2D eigenvalue weighted by molar-refractivity contribution is 0.0358. The van der Waals surface area contributed by atoms with Crippen LogP contribution < -0.4 is 11.1 Å². The molecule has 0 amide bonds. The SMILES string of the molecule is COCCC(C)(O)CNc1ccc(N)c2nonc12. The zero-order valence-electron chi connectivity index (χ0n) is 11.0. The van der Waals surface area contributed by atoms with Gasteiger partial charge in [0.2, 0.25) is 0 Å². The third kappa shape index (κ3) is 3.12. The number of nitrogens with two attached hydrogens (primary N) is 1. The number of aliphatic hydroxyl groups is 1. The maximum absolute atomic E-state index is 10.2. The number of fused-ring (bicyclic) bond motifs is 1. The molecule has 4 N–H and O–H groups in total. The monoisotopic (exact) mass is 266 g/mol. The maximum Gasteiger partial charge on any atom is 0.160 e. The third-order valence-corrected chi connectivity index (χ3v) is 2.95. The lowest BCUT2D eigenvalue weighted by Crippen LogP contribution is -2.34. The maximum atomic E-state index is 10.2. The topological polar surface area (TPSA) is 106 Å². The van der Waals surface area contributed by atoms with Gasteiger partial charge in [-0.1, -0.05) is 0 Å². The molecule has 0 aliphatic rings. The first kappa shape index (κ1) is 13.6. The zero-order chi connectivity index (χ0) is 13.9. The molecule has 0 saturated carbocycles. The van der Waals surface area contributed by atoms with Crippen LogP contribution in [0.25, 0.3) is 11.0 Å². The zero-order valence-corrected chi connectivity index (χ0v) is 11.0. The lowest BCUT2D eigenvalue weighted by Gasteiger charge is -2.23. The Hall–Kier alpha value is -1.86. The molecular weight excluding hydrogens is 248 g/mol. The van der Waals surface area contributed by atoms with Crippen molar-refractivity contribution in [3.63, 3.8) is 0 Å². The van der Waals surface area contributed by atoms with Gasteiger partial charge >= 0.3 is 0 Å². The molecule has 0 fully saturated rings. The van der Waals surface area contributed by atoms with Crippen LogP contribution in [0.1, 0.15) is 13.3 Å².